The summed E-state index contributed by atoms with van der Waals surface area (Å²) in [4.78, 5) is 26.4. The molecule has 0 atom stereocenters. The van der Waals surface area contributed by atoms with Crippen LogP contribution in [0.1, 0.15) is 141 Å². The second-order valence-electron chi connectivity index (χ2n) is 11.2. The zero-order chi connectivity index (χ0) is 27.1. The third kappa shape index (κ3) is 14.8. The van der Waals surface area contributed by atoms with E-state index in [-0.39, 0.29) is 11.9 Å². The van der Waals surface area contributed by atoms with Gasteiger partial charge in [0.05, 0.1) is 0 Å². The summed E-state index contributed by atoms with van der Waals surface area (Å²) < 4.78 is 0. The number of carbonyl (C=O) groups is 2. The molecule has 0 saturated heterocycles. The van der Waals surface area contributed by atoms with Crippen molar-refractivity contribution in [1.29, 1.82) is 0 Å². The summed E-state index contributed by atoms with van der Waals surface area (Å²) in [5.74, 6) is 0.222. The number of unbranched alkanes of at least 4 members (excludes halogenated alkanes) is 17. The Balaban J connectivity index is 1.28. The standard InChI is InChI=1S/C33H57N3O2/c1-2-3-4-5-6-7-8-9-10-11-12-13-14-15-16-21-27-34-33(38)35-28-22-17-18-25-32(37)36-29-26-30-23-19-20-24-31(30)36/h19-20,23-24H,2-18,21-22,25-29H2,1H3,(H2,34,35,38). The highest BCUT2D eigenvalue weighted by molar-refractivity contribution is 5.95. The molecule has 5 heteroatoms. The average Bonchev–Trinajstić information content (AvgIpc) is 3.36. The molecular formula is C33H57N3O2. The first kappa shape index (κ1) is 32.2. The second-order valence-corrected chi connectivity index (χ2v) is 11.2. The summed E-state index contributed by atoms with van der Waals surface area (Å²) in [6.45, 7) is 4.52. The number of urea groups is 1. The summed E-state index contributed by atoms with van der Waals surface area (Å²) in [6.07, 6.45) is 26.1. The quantitative estimate of drug-likeness (QED) is 0.140. The van der Waals surface area contributed by atoms with Crippen molar-refractivity contribution in [3.05, 3.63) is 29.8 Å². The summed E-state index contributed by atoms with van der Waals surface area (Å²) in [7, 11) is 0. The van der Waals surface area contributed by atoms with E-state index in [2.05, 4.69) is 23.6 Å². The van der Waals surface area contributed by atoms with Crippen molar-refractivity contribution < 1.29 is 9.59 Å². The first-order valence-corrected chi connectivity index (χ1v) is 16.1. The second kappa shape index (κ2) is 21.8. The molecule has 216 valence electrons. The molecule has 1 aliphatic rings. The lowest BCUT2D eigenvalue weighted by Crippen LogP contribution is -2.36. The minimum atomic E-state index is -0.0595. The van der Waals surface area contributed by atoms with E-state index in [1.807, 2.05) is 23.1 Å². The van der Waals surface area contributed by atoms with Gasteiger partial charge in [-0.1, -0.05) is 128 Å². The molecule has 2 N–H and O–H groups in total. The van der Waals surface area contributed by atoms with E-state index < -0.39 is 0 Å². The first-order valence-electron chi connectivity index (χ1n) is 16.1. The van der Waals surface area contributed by atoms with Crippen molar-refractivity contribution >= 4 is 17.6 Å². The van der Waals surface area contributed by atoms with E-state index in [0.717, 1.165) is 50.9 Å². The topological polar surface area (TPSA) is 61.4 Å². The molecule has 2 rings (SSSR count). The summed E-state index contributed by atoms with van der Waals surface area (Å²) in [5, 5.41) is 5.93. The number of amides is 3. The Morgan fingerprint density at radius 1 is 0.658 bits per heavy atom. The fraction of sp³-hybridized carbons (Fsp3) is 0.758. The molecule has 3 amide bonds. The molecule has 1 heterocycles. The van der Waals surface area contributed by atoms with E-state index in [1.54, 1.807) is 0 Å². The zero-order valence-corrected chi connectivity index (χ0v) is 24.5. The minimum absolute atomic E-state index is 0.0595. The Morgan fingerprint density at radius 2 is 1.13 bits per heavy atom. The van der Waals surface area contributed by atoms with Gasteiger partial charge in [-0.05, 0) is 37.3 Å². The molecule has 0 aliphatic carbocycles. The van der Waals surface area contributed by atoms with Crippen molar-refractivity contribution in [2.75, 3.05) is 24.5 Å². The van der Waals surface area contributed by atoms with Gasteiger partial charge in [0.1, 0.15) is 0 Å². The highest BCUT2D eigenvalue weighted by atomic mass is 16.2. The highest BCUT2D eigenvalue weighted by Crippen LogP contribution is 2.28. The highest BCUT2D eigenvalue weighted by Gasteiger charge is 2.23. The van der Waals surface area contributed by atoms with Crippen molar-refractivity contribution in [2.45, 2.75) is 142 Å². The van der Waals surface area contributed by atoms with Crippen molar-refractivity contribution in [1.82, 2.24) is 10.6 Å². The van der Waals surface area contributed by atoms with Crippen LogP contribution in [0.3, 0.4) is 0 Å². The van der Waals surface area contributed by atoms with Crippen LogP contribution in [0.5, 0.6) is 0 Å². The molecule has 0 spiro atoms. The van der Waals surface area contributed by atoms with Crippen LogP contribution < -0.4 is 15.5 Å². The predicted octanol–water partition coefficient (Wildman–Crippen LogP) is 8.70. The van der Waals surface area contributed by atoms with Crippen LogP contribution in [-0.2, 0) is 11.2 Å². The number of para-hydroxylation sites is 1. The normalized spacial score (nSPS) is 12.5. The van der Waals surface area contributed by atoms with E-state index >= 15 is 0 Å². The molecule has 0 fully saturated rings. The summed E-state index contributed by atoms with van der Waals surface area (Å²) in [6, 6.07) is 8.14. The number of benzene rings is 1. The van der Waals surface area contributed by atoms with E-state index in [1.165, 1.54) is 102 Å². The van der Waals surface area contributed by atoms with Crippen LogP contribution in [0.15, 0.2) is 24.3 Å². The van der Waals surface area contributed by atoms with Gasteiger partial charge < -0.3 is 15.5 Å². The number of hydrogen-bond acceptors (Lipinski definition) is 2. The number of fused-ring (bicyclic) bond motifs is 1. The van der Waals surface area contributed by atoms with Gasteiger partial charge in [-0.3, -0.25) is 4.79 Å². The van der Waals surface area contributed by atoms with Gasteiger partial charge in [0.2, 0.25) is 5.91 Å². The van der Waals surface area contributed by atoms with Gasteiger partial charge in [-0.15, -0.1) is 0 Å². The van der Waals surface area contributed by atoms with Gasteiger partial charge >= 0.3 is 6.03 Å². The first-order chi connectivity index (χ1) is 18.7. The Kier molecular flexibility index (Phi) is 18.5. The smallest absolute Gasteiger partial charge is 0.314 e. The van der Waals surface area contributed by atoms with Crippen LogP contribution in [-0.4, -0.2) is 31.6 Å². The van der Waals surface area contributed by atoms with Crippen LogP contribution in [0.25, 0.3) is 0 Å². The third-order valence-corrected chi connectivity index (χ3v) is 7.86. The van der Waals surface area contributed by atoms with Gasteiger partial charge in [-0.25, -0.2) is 4.79 Å². The van der Waals surface area contributed by atoms with Crippen molar-refractivity contribution in [3.8, 4) is 0 Å². The predicted molar refractivity (Wildman–Crippen MR) is 162 cm³/mol. The fourth-order valence-corrected chi connectivity index (χ4v) is 5.45. The van der Waals surface area contributed by atoms with Crippen LogP contribution in [0.2, 0.25) is 0 Å². The summed E-state index contributed by atoms with van der Waals surface area (Å²) >= 11 is 0. The molecule has 0 radical (unpaired) electrons. The number of rotatable bonds is 23. The lowest BCUT2D eigenvalue weighted by Gasteiger charge is -2.17. The summed E-state index contributed by atoms with van der Waals surface area (Å²) in [5.41, 5.74) is 2.36. The molecule has 0 saturated carbocycles. The minimum Gasteiger partial charge on any atom is -0.338 e. The number of carbonyl (C=O) groups excluding carboxylic acids is 2. The molecule has 0 bridgehead atoms. The van der Waals surface area contributed by atoms with Crippen molar-refractivity contribution in [2.24, 2.45) is 0 Å². The average molecular weight is 528 g/mol. The molecule has 0 aromatic heterocycles. The molecule has 1 aromatic carbocycles. The number of hydrogen-bond donors (Lipinski definition) is 2. The van der Waals surface area contributed by atoms with Gasteiger partial charge in [-0.2, -0.15) is 0 Å². The number of nitrogens with one attached hydrogen (secondary N) is 2. The Morgan fingerprint density at radius 3 is 1.68 bits per heavy atom. The van der Waals surface area contributed by atoms with Gasteiger partial charge in [0.25, 0.3) is 0 Å². The fourth-order valence-electron chi connectivity index (χ4n) is 5.45. The maximum absolute atomic E-state index is 12.5. The van der Waals surface area contributed by atoms with Crippen molar-refractivity contribution in [3.63, 3.8) is 0 Å². The Bertz CT molecular complexity index is 752. The SMILES string of the molecule is CCCCCCCCCCCCCCCCCCNC(=O)NCCCCCC(=O)N1CCc2ccccc21. The monoisotopic (exact) mass is 527 g/mol. The molecule has 0 unspecified atom stereocenters. The molecule has 1 aliphatic heterocycles. The Hall–Kier alpha value is -2.04. The van der Waals surface area contributed by atoms with Crippen LogP contribution in [0.4, 0.5) is 10.5 Å². The van der Waals surface area contributed by atoms with Crippen LogP contribution in [0, 0.1) is 0 Å². The number of nitrogens with zero attached hydrogens (tertiary/aromatic N) is 1. The zero-order valence-electron chi connectivity index (χ0n) is 24.5. The molecule has 1 aromatic rings. The number of anilines is 1. The van der Waals surface area contributed by atoms with E-state index in [9.17, 15) is 9.59 Å². The molecule has 5 nitrogen and oxygen atoms in total. The van der Waals surface area contributed by atoms with E-state index in [0.29, 0.717) is 13.0 Å². The van der Waals surface area contributed by atoms with E-state index in [4.69, 9.17) is 0 Å². The third-order valence-electron chi connectivity index (χ3n) is 7.86. The molecular weight excluding hydrogens is 470 g/mol. The van der Waals surface area contributed by atoms with Gasteiger partial charge in [0.15, 0.2) is 0 Å². The Labute approximate surface area is 233 Å². The molecule has 38 heavy (non-hydrogen) atoms. The maximum atomic E-state index is 12.5. The maximum Gasteiger partial charge on any atom is 0.314 e. The largest absolute Gasteiger partial charge is 0.338 e. The lowest BCUT2D eigenvalue weighted by molar-refractivity contribution is -0.118. The van der Waals surface area contributed by atoms with Crippen LogP contribution >= 0.6 is 0 Å². The van der Waals surface area contributed by atoms with Gasteiger partial charge in [0, 0.05) is 31.7 Å². The lowest BCUT2D eigenvalue weighted by atomic mass is 10.0.